The molecule has 1 atom stereocenters. The van der Waals surface area contributed by atoms with Gasteiger partial charge in [-0.2, -0.15) is 0 Å². The summed E-state index contributed by atoms with van der Waals surface area (Å²) in [6.45, 7) is 4.94. The van der Waals surface area contributed by atoms with E-state index in [-0.39, 0.29) is 5.92 Å². The predicted molar refractivity (Wildman–Crippen MR) is 112 cm³/mol. The molecule has 7 nitrogen and oxygen atoms in total. The molecule has 160 valence electrons. The highest BCUT2D eigenvalue weighted by molar-refractivity contribution is 9.10. The highest BCUT2D eigenvalue weighted by atomic mass is 79.9. The largest absolute Gasteiger partial charge is 0.473 e. The molecule has 3 rings (SSSR count). The first-order chi connectivity index (χ1) is 13.9. The van der Waals surface area contributed by atoms with Crippen LogP contribution in [0.2, 0.25) is 0 Å². The van der Waals surface area contributed by atoms with Crippen molar-refractivity contribution in [3.63, 3.8) is 0 Å². The van der Waals surface area contributed by atoms with Gasteiger partial charge >= 0.3 is 11.9 Å². The average Bonchev–Trinajstić information content (AvgIpc) is 2.99. The van der Waals surface area contributed by atoms with E-state index in [4.69, 9.17) is 19.8 Å². The Morgan fingerprint density at radius 2 is 1.48 bits per heavy atom. The minimum absolute atomic E-state index is 0.206. The summed E-state index contributed by atoms with van der Waals surface area (Å²) in [6.07, 6.45) is 7.13. The maximum Gasteiger partial charge on any atom is 0.414 e. The molecule has 2 fully saturated rings. The van der Waals surface area contributed by atoms with Crippen LogP contribution in [-0.4, -0.2) is 64.0 Å². The summed E-state index contributed by atoms with van der Waals surface area (Å²) in [7, 11) is 0. The second-order valence-corrected chi connectivity index (χ2v) is 8.47. The molecule has 1 aromatic carbocycles. The van der Waals surface area contributed by atoms with Gasteiger partial charge in [-0.3, -0.25) is 9.69 Å². The number of aliphatic carboxylic acids is 2. The van der Waals surface area contributed by atoms with Crippen LogP contribution in [0.1, 0.15) is 44.1 Å². The molecule has 2 heterocycles. The van der Waals surface area contributed by atoms with Crippen LogP contribution in [0.15, 0.2) is 28.7 Å². The maximum absolute atomic E-state index is 12.8. The van der Waals surface area contributed by atoms with Gasteiger partial charge in [0, 0.05) is 30.7 Å². The number of piperidine rings is 1. The van der Waals surface area contributed by atoms with E-state index >= 15 is 0 Å². The maximum atomic E-state index is 12.8. The molecule has 0 bridgehead atoms. The Balaban J connectivity index is 0.000000438. The van der Waals surface area contributed by atoms with Gasteiger partial charge in [-0.25, -0.2) is 9.59 Å². The van der Waals surface area contributed by atoms with E-state index in [0.29, 0.717) is 5.91 Å². The van der Waals surface area contributed by atoms with E-state index in [1.165, 1.54) is 31.2 Å². The first-order valence-electron chi connectivity index (χ1n) is 10.1. The van der Waals surface area contributed by atoms with E-state index in [9.17, 15) is 4.79 Å². The molecule has 0 radical (unpaired) electrons. The molecule has 0 spiro atoms. The zero-order valence-electron chi connectivity index (χ0n) is 16.6. The fraction of sp³-hybridized carbons (Fsp3) is 0.571. The molecule has 0 saturated carbocycles. The molecule has 1 aromatic rings. The Morgan fingerprint density at radius 3 is 2.03 bits per heavy atom. The SMILES string of the molecule is O=C(C1CCCN(Cc2ccc(Br)cc2)C1)N1CCCCCC1.O=C(O)C(=O)O. The average molecular weight is 469 g/mol. The number of hydrogen-bond donors (Lipinski definition) is 2. The van der Waals surface area contributed by atoms with E-state index in [1.54, 1.807) is 0 Å². The molecule has 0 aromatic heterocycles. The van der Waals surface area contributed by atoms with Crippen molar-refractivity contribution in [3.8, 4) is 0 Å². The van der Waals surface area contributed by atoms with Crippen molar-refractivity contribution in [2.75, 3.05) is 26.2 Å². The van der Waals surface area contributed by atoms with Crippen LogP contribution >= 0.6 is 15.9 Å². The second kappa shape index (κ2) is 11.9. The lowest BCUT2D eigenvalue weighted by Crippen LogP contribution is -2.44. The fourth-order valence-electron chi connectivity index (χ4n) is 3.80. The van der Waals surface area contributed by atoms with Gasteiger partial charge in [0.15, 0.2) is 0 Å². The van der Waals surface area contributed by atoms with Crippen molar-refractivity contribution < 1.29 is 24.6 Å². The lowest BCUT2D eigenvalue weighted by atomic mass is 9.96. The van der Waals surface area contributed by atoms with E-state index in [1.807, 2.05) is 0 Å². The van der Waals surface area contributed by atoms with Gasteiger partial charge in [0.25, 0.3) is 0 Å². The van der Waals surface area contributed by atoms with Crippen LogP contribution in [-0.2, 0) is 20.9 Å². The Kier molecular flexibility index (Phi) is 9.60. The van der Waals surface area contributed by atoms with E-state index < -0.39 is 11.9 Å². The summed E-state index contributed by atoms with van der Waals surface area (Å²) in [4.78, 5) is 35.6. The molecule has 0 aliphatic carbocycles. The van der Waals surface area contributed by atoms with Gasteiger partial charge in [-0.05, 0) is 49.9 Å². The van der Waals surface area contributed by atoms with Crippen molar-refractivity contribution in [1.82, 2.24) is 9.80 Å². The lowest BCUT2D eigenvalue weighted by Gasteiger charge is -2.34. The number of hydrogen-bond acceptors (Lipinski definition) is 4. The second-order valence-electron chi connectivity index (χ2n) is 7.55. The number of carbonyl (C=O) groups is 3. The summed E-state index contributed by atoms with van der Waals surface area (Å²) in [5.74, 6) is -3.03. The minimum Gasteiger partial charge on any atom is -0.473 e. The molecule has 2 aliphatic rings. The standard InChI is InChI=1S/C19H27BrN2O.C2H2O4/c20-18-9-7-16(8-10-18)14-21-11-5-6-17(15-21)19(23)22-12-3-1-2-4-13-22;3-1(4)2(5)6/h7-10,17H,1-6,11-15H2;(H,3,4)(H,5,6). The number of nitrogens with zero attached hydrogens (tertiary/aromatic N) is 2. The van der Waals surface area contributed by atoms with Gasteiger partial charge in [-0.1, -0.05) is 40.9 Å². The van der Waals surface area contributed by atoms with Crippen molar-refractivity contribution in [2.24, 2.45) is 5.92 Å². The van der Waals surface area contributed by atoms with Crippen molar-refractivity contribution in [1.29, 1.82) is 0 Å². The summed E-state index contributed by atoms with van der Waals surface area (Å²) >= 11 is 3.49. The van der Waals surface area contributed by atoms with Crippen LogP contribution in [0.3, 0.4) is 0 Å². The quantitative estimate of drug-likeness (QED) is 0.660. The number of amides is 1. The van der Waals surface area contributed by atoms with Crippen molar-refractivity contribution in [2.45, 2.75) is 45.1 Å². The van der Waals surface area contributed by atoms with Gasteiger partial charge in [0.05, 0.1) is 5.92 Å². The monoisotopic (exact) mass is 468 g/mol. The van der Waals surface area contributed by atoms with Gasteiger partial charge in [0.2, 0.25) is 5.91 Å². The zero-order chi connectivity index (χ0) is 21.2. The molecular weight excluding hydrogens is 440 g/mol. The first kappa shape index (κ1) is 23.3. The Bertz CT molecular complexity index is 675. The minimum atomic E-state index is -1.82. The third-order valence-corrected chi connectivity index (χ3v) is 5.80. The molecule has 1 amide bonds. The predicted octanol–water partition coefficient (Wildman–Crippen LogP) is 3.22. The van der Waals surface area contributed by atoms with Crippen LogP contribution in [0.4, 0.5) is 0 Å². The van der Waals surface area contributed by atoms with Gasteiger partial charge < -0.3 is 15.1 Å². The fourth-order valence-corrected chi connectivity index (χ4v) is 4.06. The third kappa shape index (κ3) is 8.14. The van der Waals surface area contributed by atoms with Crippen LogP contribution in [0.25, 0.3) is 0 Å². The molecule has 2 N–H and O–H groups in total. The van der Waals surface area contributed by atoms with Crippen LogP contribution in [0.5, 0.6) is 0 Å². The summed E-state index contributed by atoms with van der Waals surface area (Å²) in [6, 6.07) is 8.53. The first-order valence-corrected chi connectivity index (χ1v) is 10.9. The van der Waals surface area contributed by atoms with Crippen LogP contribution < -0.4 is 0 Å². The highest BCUT2D eigenvalue weighted by Gasteiger charge is 2.29. The topological polar surface area (TPSA) is 98.2 Å². The number of carbonyl (C=O) groups excluding carboxylic acids is 1. The number of likely N-dealkylation sites (tertiary alicyclic amines) is 2. The summed E-state index contributed by atoms with van der Waals surface area (Å²) < 4.78 is 1.12. The van der Waals surface area contributed by atoms with E-state index in [0.717, 1.165) is 50.0 Å². The van der Waals surface area contributed by atoms with Crippen molar-refractivity contribution in [3.05, 3.63) is 34.3 Å². The Labute approximate surface area is 179 Å². The molecule has 8 heteroatoms. The van der Waals surface area contributed by atoms with Gasteiger partial charge in [-0.15, -0.1) is 0 Å². The summed E-state index contributed by atoms with van der Waals surface area (Å²) in [5, 5.41) is 14.8. The lowest BCUT2D eigenvalue weighted by molar-refractivity contribution is -0.159. The van der Waals surface area contributed by atoms with Crippen LogP contribution in [0, 0.1) is 5.92 Å². The highest BCUT2D eigenvalue weighted by Crippen LogP contribution is 2.22. The van der Waals surface area contributed by atoms with Gasteiger partial charge in [0.1, 0.15) is 0 Å². The Hall–Kier alpha value is -1.93. The molecule has 29 heavy (non-hydrogen) atoms. The zero-order valence-corrected chi connectivity index (χ0v) is 18.1. The Morgan fingerprint density at radius 1 is 0.897 bits per heavy atom. The van der Waals surface area contributed by atoms with Crippen molar-refractivity contribution >= 4 is 33.8 Å². The van der Waals surface area contributed by atoms with E-state index in [2.05, 4.69) is 50.0 Å². The number of rotatable bonds is 3. The number of carboxylic acid groups (broad SMARTS) is 2. The summed E-state index contributed by atoms with van der Waals surface area (Å²) in [5.41, 5.74) is 1.33. The number of benzene rings is 1. The third-order valence-electron chi connectivity index (χ3n) is 5.27. The number of carboxylic acids is 2. The molecule has 2 aliphatic heterocycles. The smallest absolute Gasteiger partial charge is 0.414 e. The molecule has 2 saturated heterocycles. The number of halogens is 1. The molecular formula is C21H29BrN2O5. The normalized spacial score (nSPS) is 20.2. The molecule has 1 unspecified atom stereocenters.